The number of carbonyl (C=O) groups is 1. The van der Waals surface area contributed by atoms with Gasteiger partial charge in [0.1, 0.15) is 17.0 Å². The molecule has 27 heavy (non-hydrogen) atoms. The Morgan fingerprint density at radius 2 is 1.96 bits per heavy atom. The summed E-state index contributed by atoms with van der Waals surface area (Å²) in [5.41, 5.74) is 4.89. The van der Waals surface area contributed by atoms with E-state index in [1.165, 1.54) is 16.7 Å². The van der Waals surface area contributed by atoms with Crippen LogP contribution in [0.15, 0.2) is 29.9 Å². The van der Waals surface area contributed by atoms with Crippen molar-refractivity contribution >= 4 is 45.7 Å². The van der Waals surface area contributed by atoms with Gasteiger partial charge in [-0.2, -0.15) is 0 Å². The van der Waals surface area contributed by atoms with Crippen LogP contribution in [0, 0.1) is 13.8 Å². The van der Waals surface area contributed by atoms with Crippen LogP contribution in [0.3, 0.4) is 0 Å². The summed E-state index contributed by atoms with van der Waals surface area (Å²) in [6.07, 6.45) is 4.35. The minimum Gasteiger partial charge on any atom is -0.481 e. The van der Waals surface area contributed by atoms with E-state index in [0.717, 1.165) is 41.0 Å². The molecule has 3 rings (SSSR count). The average molecular weight is 406 g/mol. The maximum atomic E-state index is 10.6. The van der Waals surface area contributed by atoms with Crippen LogP contribution in [0.25, 0.3) is 21.3 Å². The van der Waals surface area contributed by atoms with Crippen molar-refractivity contribution in [2.75, 3.05) is 11.9 Å². The molecule has 0 aliphatic heterocycles. The number of rotatable bonds is 8. The van der Waals surface area contributed by atoms with Crippen LogP contribution in [0.5, 0.6) is 0 Å². The van der Waals surface area contributed by atoms with Gasteiger partial charge in [-0.15, -0.1) is 23.7 Å². The lowest BCUT2D eigenvalue weighted by Gasteiger charge is -2.09. The summed E-state index contributed by atoms with van der Waals surface area (Å²) in [5, 5.41) is 15.3. The smallest absolute Gasteiger partial charge is 0.303 e. The zero-order chi connectivity index (χ0) is 18.5. The predicted molar refractivity (Wildman–Crippen MR) is 114 cm³/mol. The molecule has 0 amide bonds. The van der Waals surface area contributed by atoms with Crippen LogP contribution in [0.1, 0.15) is 36.8 Å². The minimum atomic E-state index is -0.730. The highest BCUT2D eigenvalue weighted by Crippen LogP contribution is 2.37. The van der Waals surface area contributed by atoms with E-state index in [2.05, 4.69) is 52.7 Å². The zero-order valence-electron chi connectivity index (χ0n) is 15.5. The summed E-state index contributed by atoms with van der Waals surface area (Å²) < 4.78 is 0. The van der Waals surface area contributed by atoms with Crippen molar-refractivity contribution in [1.29, 1.82) is 0 Å². The Bertz CT molecular complexity index is 927. The van der Waals surface area contributed by atoms with Gasteiger partial charge in [-0.25, -0.2) is 9.97 Å². The molecule has 144 valence electrons. The first-order valence-electron chi connectivity index (χ1n) is 8.81. The number of aryl methyl sites for hydroxylation is 2. The number of aliphatic carboxylic acids is 1. The fourth-order valence-electron chi connectivity index (χ4n) is 2.92. The molecule has 0 atom stereocenters. The quantitative estimate of drug-likeness (QED) is 0.487. The number of carboxylic acid groups (broad SMARTS) is 1. The maximum Gasteiger partial charge on any atom is 0.303 e. The van der Waals surface area contributed by atoms with Crippen molar-refractivity contribution in [3.05, 3.63) is 41.0 Å². The highest BCUT2D eigenvalue weighted by molar-refractivity contribution is 7.17. The highest BCUT2D eigenvalue weighted by atomic mass is 35.5. The summed E-state index contributed by atoms with van der Waals surface area (Å²) in [6, 6.07) is 6.50. The predicted octanol–water partition coefficient (Wildman–Crippen LogP) is 5.45. The summed E-state index contributed by atoms with van der Waals surface area (Å²) in [5.74, 6) is 0.120. The Hall–Kier alpha value is -2.18. The molecule has 0 radical (unpaired) electrons. The molecule has 3 aromatic rings. The summed E-state index contributed by atoms with van der Waals surface area (Å²) >= 11 is 1.63. The van der Waals surface area contributed by atoms with Crippen molar-refractivity contribution in [2.24, 2.45) is 0 Å². The number of thiophene rings is 1. The number of fused-ring (bicyclic) bond motifs is 1. The molecule has 2 aromatic heterocycles. The van der Waals surface area contributed by atoms with E-state index in [4.69, 9.17) is 5.11 Å². The topological polar surface area (TPSA) is 75.1 Å². The van der Waals surface area contributed by atoms with Gasteiger partial charge >= 0.3 is 5.97 Å². The zero-order valence-corrected chi connectivity index (χ0v) is 17.1. The molecule has 0 saturated heterocycles. The third-order valence-corrected chi connectivity index (χ3v) is 5.43. The Kier molecular flexibility index (Phi) is 7.56. The molecule has 2 N–H and O–H groups in total. The number of halogens is 1. The third-order valence-electron chi connectivity index (χ3n) is 4.55. The molecule has 5 nitrogen and oxygen atoms in total. The monoisotopic (exact) mass is 405 g/mol. The fourth-order valence-corrected chi connectivity index (χ4v) is 3.83. The lowest BCUT2D eigenvalue weighted by atomic mass is 10.0. The van der Waals surface area contributed by atoms with E-state index in [9.17, 15) is 4.79 Å². The van der Waals surface area contributed by atoms with Gasteiger partial charge in [-0.05, 0) is 43.4 Å². The molecule has 0 saturated carbocycles. The van der Waals surface area contributed by atoms with E-state index in [1.807, 2.05) is 0 Å². The lowest BCUT2D eigenvalue weighted by Crippen LogP contribution is -2.04. The Labute approximate surface area is 169 Å². The molecule has 0 spiro atoms. The second-order valence-corrected chi connectivity index (χ2v) is 7.34. The average Bonchev–Trinajstić information content (AvgIpc) is 3.05. The van der Waals surface area contributed by atoms with Crippen molar-refractivity contribution < 1.29 is 9.90 Å². The van der Waals surface area contributed by atoms with Crippen LogP contribution in [-0.2, 0) is 4.79 Å². The Morgan fingerprint density at radius 1 is 1.15 bits per heavy atom. The molecule has 7 heteroatoms. The van der Waals surface area contributed by atoms with Gasteiger partial charge in [-0.1, -0.05) is 24.6 Å². The first kappa shape index (κ1) is 21.1. The van der Waals surface area contributed by atoms with Gasteiger partial charge < -0.3 is 10.4 Å². The molecule has 0 aliphatic carbocycles. The van der Waals surface area contributed by atoms with E-state index in [-0.39, 0.29) is 18.8 Å². The Morgan fingerprint density at radius 3 is 2.70 bits per heavy atom. The van der Waals surface area contributed by atoms with E-state index in [0.29, 0.717) is 6.42 Å². The molecule has 1 aromatic carbocycles. The second kappa shape index (κ2) is 9.67. The molecular weight excluding hydrogens is 382 g/mol. The number of unbranched alkanes of at least 4 members (excludes halogenated alkanes) is 2. The number of nitrogens with zero attached hydrogens (tertiary/aromatic N) is 2. The number of nitrogens with one attached hydrogen (secondary N) is 1. The first-order chi connectivity index (χ1) is 12.6. The number of hydrogen-bond donors (Lipinski definition) is 2. The van der Waals surface area contributed by atoms with Gasteiger partial charge in [0, 0.05) is 23.9 Å². The number of benzene rings is 1. The minimum absolute atomic E-state index is 0. The molecule has 2 heterocycles. The van der Waals surface area contributed by atoms with Crippen molar-refractivity contribution in [3.63, 3.8) is 0 Å². The molecule has 0 bridgehead atoms. The summed E-state index contributed by atoms with van der Waals surface area (Å²) in [4.78, 5) is 20.4. The number of hydrogen-bond acceptors (Lipinski definition) is 5. The van der Waals surface area contributed by atoms with Gasteiger partial charge in [0.05, 0.1) is 5.39 Å². The highest BCUT2D eigenvalue weighted by Gasteiger charge is 2.13. The lowest BCUT2D eigenvalue weighted by molar-refractivity contribution is -0.137. The maximum absolute atomic E-state index is 10.6. The normalized spacial score (nSPS) is 10.6. The van der Waals surface area contributed by atoms with Crippen LogP contribution in [0.2, 0.25) is 0 Å². The number of anilines is 1. The van der Waals surface area contributed by atoms with Crippen molar-refractivity contribution in [1.82, 2.24) is 9.97 Å². The summed E-state index contributed by atoms with van der Waals surface area (Å²) in [6.45, 7) is 5.01. The van der Waals surface area contributed by atoms with Crippen molar-refractivity contribution in [2.45, 2.75) is 39.5 Å². The molecule has 0 aliphatic rings. The molecular formula is C20H24ClN3O2S. The standard InChI is InChI=1S/C20H23N3O2S.ClH/c1-13-7-8-15(10-14(13)2)16-11-26-20-18(16)19(22-12-23-20)21-9-5-3-4-6-17(24)25;/h7-8,10-12H,3-6,9H2,1-2H3,(H,24,25)(H,21,22,23);1H. The largest absolute Gasteiger partial charge is 0.481 e. The van der Waals surface area contributed by atoms with Gasteiger partial charge in [0.25, 0.3) is 0 Å². The second-order valence-electron chi connectivity index (χ2n) is 6.48. The van der Waals surface area contributed by atoms with Crippen LogP contribution < -0.4 is 5.32 Å². The van der Waals surface area contributed by atoms with Crippen LogP contribution >= 0.6 is 23.7 Å². The molecule has 0 fully saturated rings. The first-order valence-corrected chi connectivity index (χ1v) is 9.69. The fraction of sp³-hybridized carbons (Fsp3) is 0.350. The van der Waals surface area contributed by atoms with E-state index in [1.54, 1.807) is 17.7 Å². The van der Waals surface area contributed by atoms with Gasteiger partial charge in [0.2, 0.25) is 0 Å². The van der Waals surface area contributed by atoms with Crippen LogP contribution in [0.4, 0.5) is 5.82 Å². The van der Waals surface area contributed by atoms with Crippen LogP contribution in [-0.4, -0.2) is 27.6 Å². The van der Waals surface area contributed by atoms with Gasteiger partial charge in [-0.3, -0.25) is 4.79 Å². The third kappa shape index (κ3) is 5.17. The number of carboxylic acids is 1. The van der Waals surface area contributed by atoms with Gasteiger partial charge in [0.15, 0.2) is 0 Å². The SMILES string of the molecule is Cc1ccc(-c2csc3ncnc(NCCCCCC(=O)O)c23)cc1C.Cl. The molecule has 0 unspecified atom stereocenters. The number of aromatic nitrogens is 2. The Balaban J connectivity index is 0.00000261. The van der Waals surface area contributed by atoms with Crippen molar-refractivity contribution in [3.8, 4) is 11.1 Å². The summed E-state index contributed by atoms with van der Waals surface area (Å²) in [7, 11) is 0. The van der Waals surface area contributed by atoms with E-state index < -0.39 is 5.97 Å². The van der Waals surface area contributed by atoms with E-state index >= 15 is 0 Å².